The lowest BCUT2D eigenvalue weighted by molar-refractivity contribution is -0.274. The fourth-order valence-corrected chi connectivity index (χ4v) is 1.59. The van der Waals surface area contributed by atoms with E-state index in [2.05, 4.69) is 15.2 Å². The monoisotopic (exact) mass is 271 g/mol. The first-order chi connectivity index (χ1) is 8.94. The van der Waals surface area contributed by atoms with Crippen LogP contribution in [-0.4, -0.2) is 16.1 Å². The maximum Gasteiger partial charge on any atom is 0.573 e. The summed E-state index contributed by atoms with van der Waals surface area (Å²) >= 11 is 0. The van der Waals surface area contributed by atoms with Crippen LogP contribution in [0, 0.1) is 0 Å². The van der Waals surface area contributed by atoms with Crippen LogP contribution >= 0.6 is 0 Å². The molecule has 1 aromatic heterocycles. The summed E-state index contributed by atoms with van der Waals surface area (Å²) in [6.07, 6.45) is -1.29. The Morgan fingerprint density at radius 3 is 2.68 bits per heavy atom. The fraction of sp³-hybridized carbons (Fsp3) is 0.250. The molecule has 1 N–H and O–H groups in total. The molecule has 0 saturated heterocycles. The van der Waals surface area contributed by atoms with Gasteiger partial charge in [-0.3, -0.25) is 4.68 Å². The first kappa shape index (κ1) is 13.3. The Balaban J connectivity index is 2.07. The van der Waals surface area contributed by atoms with Crippen molar-refractivity contribution in [3.63, 3.8) is 0 Å². The summed E-state index contributed by atoms with van der Waals surface area (Å²) in [7, 11) is 1.77. The molecular weight excluding hydrogens is 259 g/mol. The average Bonchev–Trinajstić information content (AvgIpc) is 2.72. The van der Waals surface area contributed by atoms with Gasteiger partial charge in [0.2, 0.25) is 0 Å². The summed E-state index contributed by atoms with van der Waals surface area (Å²) in [6.45, 7) is 0.367. The number of halogens is 3. The molecule has 0 radical (unpaired) electrons. The second-order valence-corrected chi connectivity index (χ2v) is 3.92. The molecule has 2 rings (SSSR count). The molecule has 0 aliphatic heterocycles. The van der Waals surface area contributed by atoms with Gasteiger partial charge >= 0.3 is 6.36 Å². The van der Waals surface area contributed by atoms with Crippen molar-refractivity contribution in [2.45, 2.75) is 12.9 Å². The zero-order valence-corrected chi connectivity index (χ0v) is 10.1. The highest BCUT2D eigenvalue weighted by Gasteiger charge is 2.32. The second kappa shape index (κ2) is 5.21. The molecule has 19 heavy (non-hydrogen) atoms. The van der Waals surface area contributed by atoms with Gasteiger partial charge in [0.15, 0.2) is 5.75 Å². The zero-order valence-electron chi connectivity index (χ0n) is 10.1. The van der Waals surface area contributed by atoms with Gasteiger partial charge in [-0.1, -0.05) is 12.1 Å². The molecule has 0 amide bonds. The number of aryl methyl sites for hydroxylation is 1. The molecule has 0 saturated carbocycles. The van der Waals surface area contributed by atoms with Gasteiger partial charge in [-0.15, -0.1) is 13.2 Å². The summed E-state index contributed by atoms with van der Waals surface area (Å²) < 4.78 is 42.2. The van der Waals surface area contributed by atoms with E-state index >= 15 is 0 Å². The topological polar surface area (TPSA) is 39.1 Å². The summed E-state index contributed by atoms with van der Waals surface area (Å²) in [6, 6.07) is 5.90. The number of para-hydroxylation sites is 2. The van der Waals surface area contributed by atoms with Gasteiger partial charge in [-0.05, 0) is 12.1 Å². The van der Waals surface area contributed by atoms with Crippen molar-refractivity contribution in [2.75, 3.05) is 5.32 Å². The quantitative estimate of drug-likeness (QED) is 0.929. The van der Waals surface area contributed by atoms with Crippen LogP contribution in [0.4, 0.5) is 18.9 Å². The van der Waals surface area contributed by atoms with Crippen LogP contribution in [-0.2, 0) is 13.6 Å². The highest BCUT2D eigenvalue weighted by Crippen LogP contribution is 2.30. The Labute approximate surface area is 107 Å². The molecule has 0 spiro atoms. The molecule has 7 heteroatoms. The van der Waals surface area contributed by atoms with Crippen LogP contribution in [0.5, 0.6) is 5.75 Å². The van der Waals surface area contributed by atoms with E-state index in [1.807, 2.05) is 0 Å². The number of anilines is 1. The predicted octanol–water partition coefficient (Wildman–Crippen LogP) is 2.93. The number of nitrogens with one attached hydrogen (secondary N) is 1. The molecule has 102 valence electrons. The van der Waals surface area contributed by atoms with Gasteiger partial charge < -0.3 is 10.1 Å². The maximum absolute atomic E-state index is 12.2. The lowest BCUT2D eigenvalue weighted by Gasteiger charge is -2.13. The molecule has 2 aromatic rings. The van der Waals surface area contributed by atoms with Gasteiger partial charge in [-0.2, -0.15) is 5.10 Å². The minimum atomic E-state index is -4.70. The van der Waals surface area contributed by atoms with E-state index in [0.717, 1.165) is 5.56 Å². The van der Waals surface area contributed by atoms with Crippen LogP contribution < -0.4 is 10.1 Å². The molecule has 0 aliphatic rings. The molecule has 0 fully saturated rings. The summed E-state index contributed by atoms with van der Waals surface area (Å²) in [4.78, 5) is 0. The number of rotatable bonds is 4. The van der Waals surface area contributed by atoms with Crippen molar-refractivity contribution in [1.29, 1.82) is 0 Å². The Hall–Kier alpha value is -2.18. The standard InChI is InChI=1S/C12H12F3N3O/c1-18-8-9(7-17-18)6-16-10-4-2-3-5-11(10)19-12(13,14)15/h2-5,7-8,16H,6H2,1H3. The first-order valence-electron chi connectivity index (χ1n) is 5.50. The van der Waals surface area contributed by atoms with Gasteiger partial charge in [0.1, 0.15) is 0 Å². The van der Waals surface area contributed by atoms with Gasteiger partial charge in [0.25, 0.3) is 0 Å². The first-order valence-corrected chi connectivity index (χ1v) is 5.50. The third kappa shape index (κ3) is 3.90. The van der Waals surface area contributed by atoms with E-state index in [4.69, 9.17) is 0 Å². The number of nitrogens with zero attached hydrogens (tertiary/aromatic N) is 2. The van der Waals surface area contributed by atoms with E-state index < -0.39 is 6.36 Å². The molecule has 1 heterocycles. The molecule has 0 aliphatic carbocycles. The Kier molecular flexibility index (Phi) is 3.64. The van der Waals surface area contributed by atoms with Gasteiger partial charge in [-0.25, -0.2) is 0 Å². The van der Waals surface area contributed by atoms with Crippen LogP contribution in [0.1, 0.15) is 5.56 Å². The smallest absolute Gasteiger partial charge is 0.404 e. The van der Waals surface area contributed by atoms with E-state index in [-0.39, 0.29) is 11.4 Å². The van der Waals surface area contributed by atoms with E-state index in [1.54, 1.807) is 30.2 Å². The molecule has 4 nitrogen and oxygen atoms in total. The maximum atomic E-state index is 12.2. The van der Waals surface area contributed by atoms with Crippen molar-refractivity contribution in [3.05, 3.63) is 42.2 Å². The summed E-state index contributed by atoms with van der Waals surface area (Å²) in [5.41, 5.74) is 1.15. The van der Waals surface area contributed by atoms with Crippen molar-refractivity contribution >= 4 is 5.69 Å². The SMILES string of the molecule is Cn1cc(CNc2ccccc2OC(F)(F)F)cn1. The van der Waals surface area contributed by atoms with Crippen LogP contribution in [0.3, 0.4) is 0 Å². The van der Waals surface area contributed by atoms with Crippen molar-refractivity contribution in [1.82, 2.24) is 9.78 Å². The predicted molar refractivity (Wildman–Crippen MR) is 63.7 cm³/mol. The van der Waals surface area contributed by atoms with E-state index in [9.17, 15) is 13.2 Å². The van der Waals surface area contributed by atoms with E-state index in [0.29, 0.717) is 6.54 Å². The number of hydrogen-bond donors (Lipinski definition) is 1. The van der Waals surface area contributed by atoms with Crippen LogP contribution in [0.25, 0.3) is 0 Å². The van der Waals surface area contributed by atoms with Gasteiger partial charge in [0.05, 0.1) is 11.9 Å². The summed E-state index contributed by atoms with van der Waals surface area (Å²) in [5, 5.41) is 6.86. The van der Waals surface area contributed by atoms with Gasteiger partial charge in [0, 0.05) is 25.4 Å². The minimum absolute atomic E-state index is 0.251. The fourth-order valence-electron chi connectivity index (χ4n) is 1.59. The molecule has 0 atom stereocenters. The van der Waals surface area contributed by atoms with Crippen molar-refractivity contribution < 1.29 is 17.9 Å². The third-order valence-electron chi connectivity index (χ3n) is 2.35. The summed E-state index contributed by atoms with van der Waals surface area (Å²) in [5.74, 6) is -0.251. The van der Waals surface area contributed by atoms with Crippen molar-refractivity contribution in [2.24, 2.45) is 7.05 Å². The number of alkyl halides is 3. The van der Waals surface area contributed by atoms with E-state index in [1.165, 1.54) is 18.2 Å². The Morgan fingerprint density at radius 2 is 2.05 bits per heavy atom. The highest BCUT2D eigenvalue weighted by atomic mass is 19.4. The molecule has 0 bridgehead atoms. The number of aromatic nitrogens is 2. The normalized spacial score (nSPS) is 11.4. The van der Waals surface area contributed by atoms with Crippen LogP contribution in [0.15, 0.2) is 36.7 Å². The molecule has 0 unspecified atom stereocenters. The van der Waals surface area contributed by atoms with Crippen LogP contribution in [0.2, 0.25) is 0 Å². The molecular formula is C12H12F3N3O. The Morgan fingerprint density at radius 1 is 1.32 bits per heavy atom. The second-order valence-electron chi connectivity index (χ2n) is 3.92. The third-order valence-corrected chi connectivity index (χ3v) is 2.35. The lowest BCUT2D eigenvalue weighted by Crippen LogP contribution is -2.18. The zero-order chi connectivity index (χ0) is 13.9. The minimum Gasteiger partial charge on any atom is -0.404 e. The lowest BCUT2D eigenvalue weighted by atomic mass is 10.2. The highest BCUT2D eigenvalue weighted by molar-refractivity contribution is 5.56. The average molecular weight is 271 g/mol. The number of hydrogen-bond acceptors (Lipinski definition) is 3. The number of benzene rings is 1. The Bertz CT molecular complexity index is 551. The largest absolute Gasteiger partial charge is 0.573 e. The number of ether oxygens (including phenoxy) is 1. The molecule has 1 aromatic carbocycles. The van der Waals surface area contributed by atoms with Crippen molar-refractivity contribution in [3.8, 4) is 5.75 Å².